The first-order valence-corrected chi connectivity index (χ1v) is 6.58. The van der Waals surface area contributed by atoms with Crippen LogP contribution in [0.4, 0.5) is 11.4 Å². The zero-order valence-corrected chi connectivity index (χ0v) is 11.4. The maximum Gasteiger partial charge on any atom is 0.0801 e. The Morgan fingerprint density at radius 2 is 2.11 bits per heavy atom. The third kappa shape index (κ3) is 2.24. The minimum absolute atomic E-state index is 0.117. The number of aromatic nitrogens is 1. The van der Waals surface area contributed by atoms with Crippen LogP contribution < -0.4 is 10.6 Å². The molecule has 1 aromatic carbocycles. The maximum absolute atomic E-state index is 6.04. The Morgan fingerprint density at radius 3 is 2.89 bits per heavy atom. The summed E-state index contributed by atoms with van der Waals surface area (Å²) in [6, 6.07) is 6.03. The van der Waals surface area contributed by atoms with Crippen molar-refractivity contribution in [3.8, 4) is 0 Å². The molecule has 0 radical (unpaired) electrons. The molecule has 1 aliphatic rings. The third-order valence-electron chi connectivity index (χ3n) is 3.60. The summed E-state index contributed by atoms with van der Waals surface area (Å²) in [6.45, 7) is 6.77. The van der Waals surface area contributed by atoms with Gasteiger partial charge in [0, 0.05) is 47.6 Å². The van der Waals surface area contributed by atoms with Gasteiger partial charge in [0.1, 0.15) is 0 Å². The predicted molar refractivity (Wildman–Crippen MR) is 78.4 cm³/mol. The molecule has 1 fully saturated rings. The lowest BCUT2D eigenvalue weighted by Gasteiger charge is -2.39. The molecule has 1 aromatic heterocycles. The second-order valence-corrected chi connectivity index (χ2v) is 5.62. The smallest absolute Gasteiger partial charge is 0.0801 e. The molecule has 0 saturated carbocycles. The standard InChI is InChI=1S/C15H19N3O/c1-15(2)10-18(7-8-19-15)14-4-3-13(16)11-5-6-17-9-12(11)14/h3-6,9H,7-8,10,16H2,1-2H3. The van der Waals surface area contributed by atoms with E-state index in [-0.39, 0.29) is 5.60 Å². The molecule has 1 aliphatic heterocycles. The van der Waals surface area contributed by atoms with Gasteiger partial charge in [-0.05, 0) is 32.0 Å². The highest BCUT2D eigenvalue weighted by atomic mass is 16.5. The van der Waals surface area contributed by atoms with Crippen molar-refractivity contribution < 1.29 is 4.74 Å². The Morgan fingerprint density at radius 1 is 1.26 bits per heavy atom. The summed E-state index contributed by atoms with van der Waals surface area (Å²) in [5.41, 5.74) is 7.91. The fourth-order valence-corrected chi connectivity index (χ4v) is 2.70. The molecule has 2 heterocycles. The van der Waals surface area contributed by atoms with Crippen LogP contribution in [0.3, 0.4) is 0 Å². The first-order chi connectivity index (χ1) is 9.07. The number of hydrogen-bond acceptors (Lipinski definition) is 4. The second-order valence-electron chi connectivity index (χ2n) is 5.62. The van der Waals surface area contributed by atoms with Crippen LogP contribution in [-0.4, -0.2) is 30.3 Å². The number of nitrogen functional groups attached to an aromatic ring is 1. The van der Waals surface area contributed by atoms with E-state index in [9.17, 15) is 0 Å². The summed E-state index contributed by atoms with van der Waals surface area (Å²) >= 11 is 0. The first kappa shape index (κ1) is 12.2. The third-order valence-corrected chi connectivity index (χ3v) is 3.60. The highest BCUT2D eigenvalue weighted by Crippen LogP contribution is 2.32. The molecule has 100 valence electrons. The van der Waals surface area contributed by atoms with Gasteiger partial charge in [0.15, 0.2) is 0 Å². The van der Waals surface area contributed by atoms with Crippen LogP contribution in [0.2, 0.25) is 0 Å². The van der Waals surface area contributed by atoms with Crippen LogP contribution in [0.1, 0.15) is 13.8 Å². The van der Waals surface area contributed by atoms with Gasteiger partial charge >= 0.3 is 0 Å². The lowest BCUT2D eigenvalue weighted by molar-refractivity contribution is -0.0276. The highest BCUT2D eigenvalue weighted by Gasteiger charge is 2.28. The molecule has 2 N–H and O–H groups in total. The van der Waals surface area contributed by atoms with E-state index < -0.39 is 0 Å². The van der Waals surface area contributed by atoms with Crippen molar-refractivity contribution >= 4 is 22.1 Å². The van der Waals surface area contributed by atoms with Gasteiger partial charge in [-0.25, -0.2) is 0 Å². The quantitative estimate of drug-likeness (QED) is 0.797. The average molecular weight is 257 g/mol. The average Bonchev–Trinajstić information content (AvgIpc) is 2.38. The van der Waals surface area contributed by atoms with Gasteiger partial charge in [-0.15, -0.1) is 0 Å². The Balaban J connectivity index is 2.08. The molecule has 0 bridgehead atoms. The molecule has 0 atom stereocenters. The number of rotatable bonds is 1. The Bertz CT molecular complexity index is 609. The monoisotopic (exact) mass is 257 g/mol. The molecule has 4 heteroatoms. The van der Waals surface area contributed by atoms with Gasteiger partial charge in [0.2, 0.25) is 0 Å². The van der Waals surface area contributed by atoms with Gasteiger partial charge in [0.25, 0.3) is 0 Å². The lowest BCUT2D eigenvalue weighted by Crippen LogP contribution is -2.48. The summed E-state index contributed by atoms with van der Waals surface area (Å²) in [5.74, 6) is 0. The predicted octanol–water partition coefficient (Wildman–Crippen LogP) is 2.43. The summed E-state index contributed by atoms with van der Waals surface area (Å²) in [7, 11) is 0. The van der Waals surface area contributed by atoms with Gasteiger partial charge in [-0.3, -0.25) is 4.98 Å². The van der Waals surface area contributed by atoms with E-state index in [0.29, 0.717) is 0 Å². The number of fused-ring (bicyclic) bond motifs is 1. The van der Waals surface area contributed by atoms with Gasteiger partial charge < -0.3 is 15.4 Å². The fraction of sp³-hybridized carbons (Fsp3) is 0.400. The molecule has 0 spiro atoms. The second kappa shape index (κ2) is 4.38. The molecule has 3 rings (SSSR count). The molecular formula is C15H19N3O. The van der Waals surface area contributed by atoms with E-state index >= 15 is 0 Å². The van der Waals surface area contributed by atoms with Crippen LogP contribution in [0.15, 0.2) is 30.6 Å². The van der Waals surface area contributed by atoms with Crippen molar-refractivity contribution in [1.29, 1.82) is 0 Å². The van der Waals surface area contributed by atoms with Gasteiger partial charge in [-0.1, -0.05) is 0 Å². The fourth-order valence-electron chi connectivity index (χ4n) is 2.70. The van der Waals surface area contributed by atoms with E-state index in [1.165, 1.54) is 5.69 Å². The SMILES string of the molecule is CC1(C)CN(c2ccc(N)c3ccncc23)CCO1. The molecule has 4 nitrogen and oxygen atoms in total. The number of nitrogens with two attached hydrogens (primary N) is 1. The van der Waals surface area contributed by atoms with Crippen LogP contribution in [0.25, 0.3) is 10.8 Å². The molecule has 0 aliphatic carbocycles. The Hall–Kier alpha value is -1.81. The number of pyridine rings is 1. The summed E-state index contributed by atoms with van der Waals surface area (Å²) in [5, 5.41) is 2.18. The number of anilines is 2. The van der Waals surface area contributed by atoms with E-state index in [0.717, 1.165) is 36.2 Å². The maximum atomic E-state index is 6.04. The number of morpholine rings is 1. The van der Waals surface area contributed by atoms with E-state index in [1.807, 2.05) is 18.3 Å². The van der Waals surface area contributed by atoms with Crippen molar-refractivity contribution in [2.45, 2.75) is 19.4 Å². The van der Waals surface area contributed by atoms with Crippen molar-refractivity contribution in [2.24, 2.45) is 0 Å². The number of hydrogen-bond donors (Lipinski definition) is 1. The highest BCUT2D eigenvalue weighted by molar-refractivity contribution is 6.00. The topological polar surface area (TPSA) is 51.4 Å². The van der Waals surface area contributed by atoms with Crippen molar-refractivity contribution in [3.05, 3.63) is 30.6 Å². The number of benzene rings is 1. The van der Waals surface area contributed by atoms with Gasteiger partial charge in [0.05, 0.1) is 12.2 Å². The van der Waals surface area contributed by atoms with Crippen molar-refractivity contribution in [2.75, 3.05) is 30.3 Å². The minimum Gasteiger partial charge on any atom is -0.398 e. The molecule has 19 heavy (non-hydrogen) atoms. The molecule has 0 unspecified atom stereocenters. The number of ether oxygens (including phenoxy) is 1. The molecule has 0 amide bonds. The molecule has 1 saturated heterocycles. The first-order valence-electron chi connectivity index (χ1n) is 6.58. The van der Waals surface area contributed by atoms with Crippen LogP contribution in [0.5, 0.6) is 0 Å². The lowest BCUT2D eigenvalue weighted by atomic mass is 10.0. The van der Waals surface area contributed by atoms with E-state index in [4.69, 9.17) is 10.5 Å². The van der Waals surface area contributed by atoms with Gasteiger partial charge in [-0.2, -0.15) is 0 Å². The number of nitrogens with zero attached hydrogens (tertiary/aromatic N) is 2. The summed E-state index contributed by atoms with van der Waals surface area (Å²) < 4.78 is 5.77. The molecule has 2 aromatic rings. The van der Waals surface area contributed by atoms with Crippen molar-refractivity contribution in [1.82, 2.24) is 4.98 Å². The largest absolute Gasteiger partial charge is 0.398 e. The normalized spacial score (nSPS) is 18.7. The van der Waals surface area contributed by atoms with E-state index in [1.54, 1.807) is 6.20 Å². The van der Waals surface area contributed by atoms with Crippen LogP contribution in [-0.2, 0) is 4.74 Å². The van der Waals surface area contributed by atoms with Crippen molar-refractivity contribution in [3.63, 3.8) is 0 Å². The minimum atomic E-state index is -0.117. The molecular weight excluding hydrogens is 238 g/mol. The van der Waals surface area contributed by atoms with E-state index in [2.05, 4.69) is 29.8 Å². The zero-order chi connectivity index (χ0) is 13.5. The zero-order valence-electron chi connectivity index (χ0n) is 11.4. The Labute approximate surface area is 113 Å². The van der Waals surface area contributed by atoms with Crippen LogP contribution in [0, 0.1) is 0 Å². The summed E-state index contributed by atoms with van der Waals surface area (Å²) in [4.78, 5) is 6.59. The van der Waals surface area contributed by atoms with Crippen LogP contribution >= 0.6 is 0 Å². The summed E-state index contributed by atoms with van der Waals surface area (Å²) in [6.07, 6.45) is 3.68. The Kier molecular flexibility index (Phi) is 2.82.